The van der Waals surface area contributed by atoms with Crippen molar-refractivity contribution in [2.24, 2.45) is 5.73 Å². The lowest BCUT2D eigenvalue weighted by Crippen LogP contribution is -2.22. The van der Waals surface area contributed by atoms with Crippen LogP contribution in [0.4, 0.5) is 11.4 Å². The number of carbonyl (C=O) groups excluding carboxylic acids is 2. The third kappa shape index (κ3) is 4.84. The zero-order valence-electron chi connectivity index (χ0n) is 12.8. The summed E-state index contributed by atoms with van der Waals surface area (Å²) in [5.41, 5.74) is 12.8. The van der Waals surface area contributed by atoms with Crippen molar-refractivity contribution in [3.63, 3.8) is 0 Å². The Bertz CT molecular complexity index is 684. The van der Waals surface area contributed by atoms with Crippen LogP contribution < -0.4 is 16.8 Å². The zero-order valence-corrected chi connectivity index (χ0v) is 13.6. The lowest BCUT2D eigenvalue weighted by molar-refractivity contribution is -0.115. The first-order valence-electron chi connectivity index (χ1n) is 7.16. The standard InChI is InChI=1S/C17H19N3O2S/c1-11(23-15-8-4-13(19)5-9-15)17(22)20-14-6-2-12(3-7-14)16(21)10-18/h2-9,11H,10,18-19H2,1H3,(H,20,22). The number of hydrogen-bond donors (Lipinski definition) is 3. The average molecular weight is 329 g/mol. The number of carbonyl (C=O) groups is 2. The second-order valence-corrected chi connectivity index (χ2v) is 6.44. The van der Waals surface area contributed by atoms with E-state index in [1.807, 2.05) is 19.1 Å². The fraction of sp³-hybridized carbons (Fsp3) is 0.176. The van der Waals surface area contributed by atoms with Crippen LogP contribution in [-0.4, -0.2) is 23.5 Å². The van der Waals surface area contributed by atoms with Gasteiger partial charge < -0.3 is 16.8 Å². The first-order valence-corrected chi connectivity index (χ1v) is 8.04. The van der Waals surface area contributed by atoms with Crippen molar-refractivity contribution in [1.29, 1.82) is 0 Å². The quantitative estimate of drug-likeness (QED) is 0.430. The molecule has 2 rings (SSSR count). The molecule has 0 saturated carbocycles. The fourth-order valence-corrected chi connectivity index (χ4v) is 2.77. The normalized spacial score (nSPS) is 11.7. The van der Waals surface area contributed by atoms with Crippen molar-refractivity contribution >= 4 is 34.8 Å². The van der Waals surface area contributed by atoms with Gasteiger partial charge in [0.15, 0.2) is 5.78 Å². The van der Waals surface area contributed by atoms with Gasteiger partial charge in [-0.3, -0.25) is 9.59 Å². The van der Waals surface area contributed by atoms with E-state index in [0.717, 1.165) is 4.90 Å². The van der Waals surface area contributed by atoms with Crippen molar-refractivity contribution in [2.75, 3.05) is 17.6 Å². The van der Waals surface area contributed by atoms with Crippen molar-refractivity contribution < 1.29 is 9.59 Å². The molecule has 6 heteroatoms. The Labute approximate surface area is 139 Å². The summed E-state index contributed by atoms with van der Waals surface area (Å²) in [6, 6.07) is 14.1. The first kappa shape index (κ1) is 17.1. The number of Topliss-reactive ketones (excluding diaryl/α,β-unsaturated/α-hetero) is 1. The van der Waals surface area contributed by atoms with E-state index in [-0.39, 0.29) is 23.5 Å². The van der Waals surface area contributed by atoms with Gasteiger partial charge in [-0.1, -0.05) is 0 Å². The van der Waals surface area contributed by atoms with E-state index in [0.29, 0.717) is 16.9 Å². The average Bonchev–Trinajstić information content (AvgIpc) is 2.56. The molecule has 0 spiro atoms. The predicted octanol–water partition coefficient (Wildman–Crippen LogP) is 2.53. The van der Waals surface area contributed by atoms with E-state index in [4.69, 9.17) is 11.5 Å². The molecule has 0 aliphatic heterocycles. The molecular weight excluding hydrogens is 310 g/mol. The van der Waals surface area contributed by atoms with Crippen LogP contribution in [0.3, 0.4) is 0 Å². The van der Waals surface area contributed by atoms with Crippen LogP contribution >= 0.6 is 11.8 Å². The van der Waals surface area contributed by atoms with Crippen molar-refractivity contribution in [3.8, 4) is 0 Å². The molecule has 0 fully saturated rings. The molecule has 120 valence electrons. The minimum Gasteiger partial charge on any atom is -0.399 e. The third-order valence-electron chi connectivity index (χ3n) is 3.22. The molecule has 2 aromatic carbocycles. The smallest absolute Gasteiger partial charge is 0.237 e. The Balaban J connectivity index is 1.95. The number of anilines is 2. The predicted molar refractivity (Wildman–Crippen MR) is 94.6 cm³/mol. The molecule has 2 aromatic rings. The number of nitrogens with two attached hydrogens (primary N) is 2. The van der Waals surface area contributed by atoms with Gasteiger partial charge in [0, 0.05) is 21.8 Å². The molecule has 1 amide bonds. The first-order chi connectivity index (χ1) is 11.0. The number of ketones is 1. The lowest BCUT2D eigenvalue weighted by Gasteiger charge is -2.12. The summed E-state index contributed by atoms with van der Waals surface area (Å²) >= 11 is 1.45. The molecule has 0 aliphatic carbocycles. The highest BCUT2D eigenvalue weighted by Gasteiger charge is 2.14. The molecule has 5 N–H and O–H groups in total. The highest BCUT2D eigenvalue weighted by molar-refractivity contribution is 8.00. The minimum absolute atomic E-state index is 0.0268. The van der Waals surface area contributed by atoms with Crippen molar-refractivity contribution in [3.05, 3.63) is 54.1 Å². The van der Waals surface area contributed by atoms with Gasteiger partial charge in [-0.2, -0.15) is 0 Å². The van der Waals surface area contributed by atoms with Gasteiger partial charge in [0.1, 0.15) is 0 Å². The van der Waals surface area contributed by atoms with E-state index in [9.17, 15) is 9.59 Å². The van der Waals surface area contributed by atoms with Crippen LogP contribution in [0.25, 0.3) is 0 Å². The largest absolute Gasteiger partial charge is 0.399 e. The molecule has 0 aromatic heterocycles. The lowest BCUT2D eigenvalue weighted by atomic mass is 10.1. The number of nitrogens with one attached hydrogen (secondary N) is 1. The maximum Gasteiger partial charge on any atom is 0.237 e. The number of amides is 1. The molecule has 0 heterocycles. The Morgan fingerprint density at radius 1 is 1.09 bits per heavy atom. The number of nitrogen functional groups attached to an aromatic ring is 1. The van der Waals surface area contributed by atoms with Gasteiger partial charge >= 0.3 is 0 Å². The summed E-state index contributed by atoms with van der Waals surface area (Å²) in [6.07, 6.45) is 0. The molecule has 23 heavy (non-hydrogen) atoms. The van der Waals surface area contributed by atoms with E-state index < -0.39 is 0 Å². The molecule has 0 radical (unpaired) electrons. The third-order valence-corrected chi connectivity index (χ3v) is 4.33. The second-order valence-electron chi connectivity index (χ2n) is 5.02. The molecule has 1 atom stereocenters. The Kier molecular flexibility index (Phi) is 5.78. The maximum atomic E-state index is 12.2. The summed E-state index contributed by atoms with van der Waals surface area (Å²) in [5.74, 6) is -0.236. The van der Waals surface area contributed by atoms with Crippen LogP contribution in [0.5, 0.6) is 0 Å². The van der Waals surface area contributed by atoms with Crippen LogP contribution in [-0.2, 0) is 4.79 Å². The molecule has 0 saturated heterocycles. The van der Waals surface area contributed by atoms with E-state index in [1.54, 1.807) is 36.4 Å². The Morgan fingerprint density at radius 3 is 2.26 bits per heavy atom. The molecular formula is C17H19N3O2S. The number of thioether (sulfide) groups is 1. The molecule has 5 nitrogen and oxygen atoms in total. The van der Waals surface area contributed by atoms with Gasteiger partial charge in [-0.15, -0.1) is 11.8 Å². The highest BCUT2D eigenvalue weighted by Crippen LogP contribution is 2.25. The fourth-order valence-electron chi connectivity index (χ4n) is 1.91. The van der Waals surface area contributed by atoms with Crippen LogP contribution in [0.15, 0.2) is 53.4 Å². The Hall–Kier alpha value is -2.31. The minimum atomic E-state index is -0.260. The van der Waals surface area contributed by atoms with Crippen LogP contribution in [0, 0.1) is 0 Å². The summed E-state index contributed by atoms with van der Waals surface area (Å²) in [5, 5.41) is 2.57. The summed E-state index contributed by atoms with van der Waals surface area (Å²) < 4.78 is 0. The van der Waals surface area contributed by atoms with Gasteiger partial charge in [-0.25, -0.2) is 0 Å². The van der Waals surface area contributed by atoms with Crippen LogP contribution in [0.1, 0.15) is 17.3 Å². The molecule has 0 aliphatic rings. The van der Waals surface area contributed by atoms with E-state index in [2.05, 4.69) is 5.32 Å². The van der Waals surface area contributed by atoms with Crippen molar-refractivity contribution in [1.82, 2.24) is 0 Å². The number of rotatable bonds is 6. The number of hydrogen-bond acceptors (Lipinski definition) is 5. The molecule has 1 unspecified atom stereocenters. The molecule has 0 bridgehead atoms. The van der Waals surface area contributed by atoms with Crippen LogP contribution in [0.2, 0.25) is 0 Å². The summed E-state index contributed by atoms with van der Waals surface area (Å²) in [7, 11) is 0. The van der Waals surface area contributed by atoms with Gasteiger partial charge in [-0.05, 0) is 55.5 Å². The van der Waals surface area contributed by atoms with E-state index in [1.165, 1.54) is 11.8 Å². The van der Waals surface area contributed by atoms with Gasteiger partial charge in [0.05, 0.1) is 11.8 Å². The Morgan fingerprint density at radius 2 is 1.70 bits per heavy atom. The number of benzene rings is 2. The van der Waals surface area contributed by atoms with Crippen molar-refractivity contribution in [2.45, 2.75) is 17.1 Å². The monoisotopic (exact) mass is 329 g/mol. The van der Waals surface area contributed by atoms with Gasteiger partial charge in [0.25, 0.3) is 0 Å². The maximum absolute atomic E-state index is 12.2. The topological polar surface area (TPSA) is 98.2 Å². The summed E-state index contributed by atoms with van der Waals surface area (Å²) in [6.45, 7) is 1.81. The van der Waals surface area contributed by atoms with Gasteiger partial charge in [0.2, 0.25) is 5.91 Å². The van der Waals surface area contributed by atoms with E-state index >= 15 is 0 Å². The summed E-state index contributed by atoms with van der Waals surface area (Å²) in [4.78, 5) is 24.7. The second kappa shape index (κ2) is 7.80. The highest BCUT2D eigenvalue weighted by atomic mass is 32.2. The zero-order chi connectivity index (χ0) is 16.8. The SMILES string of the molecule is CC(Sc1ccc(N)cc1)C(=O)Nc1ccc(C(=O)CN)cc1.